The first-order valence-corrected chi connectivity index (χ1v) is 8.07. The lowest BCUT2D eigenvalue weighted by atomic mass is 9.80. The summed E-state index contributed by atoms with van der Waals surface area (Å²) in [6.07, 6.45) is 1.85. The van der Waals surface area contributed by atoms with Crippen LogP contribution in [-0.2, 0) is 4.79 Å². The number of amides is 1. The van der Waals surface area contributed by atoms with Crippen LogP contribution < -0.4 is 5.32 Å². The molecule has 1 amide bonds. The van der Waals surface area contributed by atoms with E-state index in [9.17, 15) is 4.79 Å². The molecule has 0 spiro atoms. The second kappa shape index (κ2) is 6.46. The maximum absolute atomic E-state index is 12.3. The Morgan fingerprint density at radius 2 is 1.85 bits per heavy atom. The quantitative estimate of drug-likeness (QED) is 0.839. The Labute approximate surface area is 125 Å². The molecule has 0 saturated carbocycles. The van der Waals surface area contributed by atoms with Crippen LogP contribution in [0, 0.1) is 16.7 Å². The van der Waals surface area contributed by atoms with E-state index < -0.39 is 0 Å². The van der Waals surface area contributed by atoms with Crippen molar-refractivity contribution in [1.82, 2.24) is 10.2 Å². The number of nitrogens with one attached hydrogen (secondary N) is 1. The van der Waals surface area contributed by atoms with Crippen molar-refractivity contribution in [2.75, 3.05) is 19.6 Å². The van der Waals surface area contributed by atoms with Gasteiger partial charge in [0, 0.05) is 25.6 Å². The molecule has 0 aliphatic carbocycles. The van der Waals surface area contributed by atoms with Gasteiger partial charge in [-0.05, 0) is 29.7 Å². The molecule has 1 aliphatic heterocycles. The van der Waals surface area contributed by atoms with Gasteiger partial charge in [-0.1, -0.05) is 48.5 Å². The second-order valence-electron chi connectivity index (χ2n) is 8.44. The molecule has 1 fully saturated rings. The van der Waals surface area contributed by atoms with Crippen LogP contribution in [-0.4, -0.2) is 36.5 Å². The summed E-state index contributed by atoms with van der Waals surface area (Å²) in [6, 6.07) is 0.366. The summed E-state index contributed by atoms with van der Waals surface area (Å²) < 4.78 is 0. The fraction of sp³-hybridized carbons (Fsp3) is 0.941. The van der Waals surface area contributed by atoms with Crippen LogP contribution in [0.5, 0.6) is 0 Å². The van der Waals surface area contributed by atoms with Crippen LogP contribution in [0.3, 0.4) is 0 Å². The van der Waals surface area contributed by atoms with Gasteiger partial charge in [0.25, 0.3) is 0 Å². The van der Waals surface area contributed by atoms with Gasteiger partial charge in [-0.15, -0.1) is 0 Å². The second-order valence-corrected chi connectivity index (χ2v) is 8.44. The van der Waals surface area contributed by atoms with Crippen molar-refractivity contribution in [3.8, 4) is 0 Å². The highest BCUT2D eigenvalue weighted by Gasteiger charge is 2.38. The standard InChI is InChI=1S/C17H34N2O/c1-8-9-18-14(17(5,6)7)12-19-11-13(10-15(19)20)16(2,3)4/h13-14,18H,8-12H2,1-7H3. The van der Waals surface area contributed by atoms with E-state index in [1.165, 1.54) is 0 Å². The third-order valence-electron chi connectivity index (χ3n) is 4.53. The van der Waals surface area contributed by atoms with E-state index in [-0.39, 0.29) is 10.8 Å². The van der Waals surface area contributed by atoms with Crippen molar-refractivity contribution in [3.05, 3.63) is 0 Å². The zero-order chi connectivity index (χ0) is 15.6. The maximum Gasteiger partial charge on any atom is 0.222 e. The monoisotopic (exact) mass is 282 g/mol. The number of carbonyl (C=O) groups excluding carboxylic acids is 1. The number of rotatable bonds is 5. The van der Waals surface area contributed by atoms with Crippen molar-refractivity contribution in [3.63, 3.8) is 0 Å². The molecule has 2 unspecified atom stereocenters. The fourth-order valence-electron chi connectivity index (χ4n) is 2.71. The van der Waals surface area contributed by atoms with E-state index in [2.05, 4.69) is 58.7 Å². The van der Waals surface area contributed by atoms with Crippen LogP contribution in [0.15, 0.2) is 0 Å². The zero-order valence-electron chi connectivity index (χ0n) is 14.5. The van der Waals surface area contributed by atoms with Gasteiger partial charge in [0.05, 0.1) is 0 Å². The molecule has 118 valence electrons. The normalized spacial score (nSPS) is 22.4. The van der Waals surface area contributed by atoms with Gasteiger partial charge in [0.15, 0.2) is 0 Å². The zero-order valence-corrected chi connectivity index (χ0v) is 14.5. The molecule has 1 rings (SSSR count). The van der Waals surface area contributed by atoms with Crippen LogP contribution in [0.25, 0.3) is 0 Å². The summed E-state index contributed by atoms with van der Waals surface area (Å²) in [5.74, 6) is 0.819. The highest BCUT2D eigenvalue weighted by Crippen LogP contribution is 2.35. The van der Waals surface area contributed by atoms with Gasteiger partial charge in [0.2, 0.25) is 5.91 Å². The molecule has 0 bridgehead atoms. The van der Waals surface area contributed by atoms with Crippen LogP contribution in [0.1, 0.15) is 61.3 Å². The largest absolute Gasteiger partial charge is 0.341 e. The van der Waals surface area contributed by atoms with Crippen molar-refractivity contribution >= 4 is 5.91 Å². The van der Waals surface area contributed by atoms with E-state index in [1.807, 2.05) is 0 Å². The first-order chi connectivity index (χ1) is 9.05. The van der Waals surface area contributed by atoms with Crippen molar-refractivity contribution in [2.45, 2.75) is 67.3 Å². The maximum atomic E-state index is 12.3. The highest BCUT2D eigenvalue weighted by molar-refractivity contribution is 5.78. The lowest BCUT2D eigenvalue weighted by Gasteiger charge is -2.35. The smallest absolute Gasteiger partial charge is 0.222 e. The molecule has 0 aromatic heterocycles. The molecule has 3 heteroatoms. The molecule has 0 aromatic rings. The average Bonchev–Trinajstić information content (AvgIpc) is 2.64. The fourth-order valence-corrected chi connectivity index (χ4v) is 2.71. The molecule has 1 N–H and O–H groups in total. The lowest BCUT2D eigenvalue weighted by molar-refractivity contribution is -0.128. The Kier molecular flexibility index (Phi) is 5.65. The number of likely N-dealkylation sites (tertiary alicyclic amines) is 1. The lowest BCUT2D eigenvalue weighted by Crippen LogP contribution is -2.49. The topological polar surface area (TPSA) is 32.3 Å². The number of hydrogen-bond acceptors (Lipinski definition) is 2. The summed E-state index contributed by atoms with van der Waals surface area (Å²) in [5.41, 5.74) is 0.397. The number of carbonyl (C=O) groups is 1. The van der Waals surface area contributed by atoms with Crippen LogP contribution >= 0.6 is 0 Å². The van der Waals surface area contributed by atoms with Crippen LogP contribution in [0.4, 0.5) is 0 Å². The highest BCUT2D eigenvalue weighted by atomic mass is 16.2. The molecular weight excluding hydrogens is 248 g/mol. The number of hydrogen-bond donors (Lipinski definition) is 1. The van der Waals surface area contributed by atoms with Gasteiger partial charge in [-0.25, -0.2) is 0 Å². The molecule has 0 aromatic carbocycles. The van der Waals surface area contributed by atoms with Gasteiger partial charge >= 0.3 is 0 Å². The van der Waals surface area contributed by atoms with Crippen molar-refractivity contribution < 1.29 is 4.79 Å². The summed E-state index contributed by atoms with van der Waals surface area (Å²) in [4.78, 5) is 14.3. The minimum atomic E-state index is 0.176. The Morgan fingerprint density at radius 3 is 2.25 bits per heavy atom. The number of nitrogens with zero attached hydrogens (tertiary/aromatic N) is 1. The predicted octanol–water partition coefficient (Wildman–Crippen LogP) is 3.30. The SMILES string of the molecule is CCCNC(CN1CC(C(C)(C)C)CC1=O)C(C)(C)C. The Bertz CT molecular complexity index is 325. The summed E-state index contributed by atoms with van der Waals surface area (Å²) in [6.45, 7) is 18.4. The Balaban J connectivity index is 2.67. The molecule has 1 heterocycles. The molecule has 1 saturated heterocycles. The molecule has 0 radical (unpaired) electrons. The molecule has 2 atom stereocenters. The van der Waals surface area contributed by atoms with Gasteiger partial charge < -0.3 is 10.2 Å². The van der Waals surface area contributed by atoms with E-state index in [1.54, 1.807) is 0 Å². The van der Waals surface area contributed by atoms with Gasteiger partial charge in [-0.2, -0.15) is 0 Å². The minimum absolute atomic E-state index is 0.176. The molecule has 20 heavy (non-hydrogen) atoms. The first kappa shape index (κ1) is 17.5. The third-order valence-corrected chi connectivity index (χ3v) is 4.53. The molecule has 1 aliphatic rings. The van der Waals surface area contributed by atoms with E-state index in [0.29, 0.717) is 24.3 Å². The van der Waals surface area contributed by atoms with Crippen molar-refractivity contribution in [2.24, 2.45) is 16.7 Å². The summed E-state index contributed by atoms with van der Waals surface area (Å²) >= 11 is 0. The summed E-state index contributed by atoms with van der Waals surface area (Å²) in [7, 11) is 0. The van der Waals surface area contributed by atoms with Gasteiger partial charge in [0.1, 0.15) is 0 Å². The van der Waals surface area contributed by atoms with E-state index in [0.717, 1.165) is 26.1 Å². The first-order valence-electron chi connectivity index (χ1n) is 8.07. The minimum Gasteiger partial charge on any atom is -0.341 e. The predicted molar refractivity (Wildman–Crippen MR) is 85.7 cm³/mol. The van der Waals surface area contributed by atoms with E-state index >= 15 is 0 Å². The summed E-state index contributed by atoms with van der Waals surface area (Å²) in [5, 5.41) is 3.62. The Hall–Kier alpha value is -0.570. The van der Waals surface area contributed by atoms with E-state index in [4.69, 9.17) is 0 Å². The van der Waals surface area contributed by atoms with Gasteiger partial charge in [-0.3, -0.25) is 4.79 Å². The molecule has 3 nitrogen and oxygen atoms in total. The van der Waals surface area contributed by atoms with Crippen LogP contribution in [0.2, 0.25) is 0 Å². The van der Waals surface area contributed by atoms with Crippen molar-refractivity contribution in [1.29, 1.82) is 0 Å². The third kappa shape index (κ3) is 4.76. The average molecular weight is 282 g/mol. The molecular formula is C17H34N2O. The Morgan fingerprint density at radius 1 is 1.25 bits per heavy atom.